The van der Waals surface area contributed by atoms with E-state index in [1.165, 1.54) is 23.1 Å². The number of hydrogen-bond acceptors (Lipinski definition) is 2. The van der Waals surface area contributed by atoms with E-state index in [1.54, 1.807) is 19.9 Å². The molecular formula is C19H16BrF4NO2. The van der Waals surface area contributed by atoms with Gasteiger partial charge in [-0.1, -0.05) is 27.6 Å². The van der Waals surface area contributed by atoms with Crippen LogP contribution in [0.15, 0.2) is 40.9 Å². The van der Waals surface area contributed by atoms with Gasteiger partial charge < -0.3 is 4.74 Å². The van der Waals surface area contributed by atoms with Gasteiger partial charge in [-0.3, -0.25) is 4.90 Å². The smallest absolute Gasteiger partial charge is 0.416 e. The number of nitrogens with zero attached hydrogens (tertiary/aromatic N) is 1. The van der Waals surface area contributed by atoms with Crippen LogP contribution in [0.5, 0.6) is 0 Å². The average Bonchev–Trinajstić information content (AvgIpc) is 2.85. The van der Waals surface area contributed by atoms with Crippen LogP contribution in [0.1, 0.15) is 35.3 Å². The van der Waals surface area contributed by atoms with Crippen LogP contribution >= 0.6 is 15.9 Å². The number of carbonyl (C=O) groups excluding carboxylic acids is 1. The largest absolute Gasteiger partial charge is 0.439 e. The maximum absolute atomic E-state index is 13.5. The number of alkyl halides is 3. The Kier molecular flexibility index (Phi) is 5.20. The van der Waals surface area contributed by atoms with Gasteiger partial charge in [0.1, 0.15) is 11.9 Å². The Morgan fingerprint density at radius 2 is 1.89 bits per heavy atom. The van der Waals surface area contributed by atoms with Crippen molar-refractivity contribution < 1.29 is 27.1 Å². The first kappa shape index (κ1) is 19.7. The summed E-state index contributed by atoms with van der Waals surface area (Å²) in [5, 5.41) is 0. The molecule has 0 saturated carbocycles. The topological polar surface area (TPSA) is 29.5 Å². The molecule has 3 nitrogen and oxygen atoms in total. The average molecular weight is 446 g/mol. The Hall–Kier alpha value is -2.09. The first-order valence-electron chi connectivity index (χ1n) is 8.16. The van der Waals surface area contributed by atoms with Crippen molar-refractivity contribution in [1.29, 1.82) is 0 Å². The molecule has 0 spiro atoms. The molecule has 1 aliphatic heterocycles. The zero-order valence-electron chi connectivity index (χ0n) is 14.5. The highest BCUT2D eigenvalue weighted by atomic mass is 79.9. The van der Waals surface area contributed by atoms with E-state index < -0.39 is 35.8 Å². The van der Waals surface area contributed by atoms with Crippen molar-refractivity contribution in [1.82, 2.24) is 4.90 Å². The second-order valence-corrected chi connectivity index (χ2v) is 7.39. The summed E-state index contributed by atoms with van der Waals surface area (Å²) >= 11 is 3.31. The third-order valence-electron chi connectivity index (χ3n) is 4.50. The summed E-state index contributed by atoms with van der Waals surface area (Å²) in [5.74, 6) is -0.446. The van der Waals surface area contributed by atoms with Gasteiger partial charge in [0.2, 0.25) is 0 Å². The summed E-state index contributed by atoms with van der Waals surface area (Å²) in [6, 6.07) is 7.22. The predicted octanol–water partition coefficient (Wildman–Crippen LogP) is 6.00. The monoisotopic (exact) mass is 445 g/mol. The molecule has 8 heteroatoms. The number of benzene rings is 2. The maximum Gasteiger partial charge on any atom is 0.416 e. The Balaban J connectivity index is 1.89. The molecule has 2 atom stereocenters. The highest BCUT2D eigenvalue weighted by Crippen LogP contribution is 2.38. The molecule has 2 aromatic rings. The molecular weight excluding hydrogens is 430 g/mol. The van der Waals surface area contributed by atoms with E-state index in [0.717, 1.165) is 12.1 Å². The van der Waals surface area contributed by atoms with Crippen LogP contribution in [0.2, 0.25) is 0 Å². The van der Waals surface area contributed by atoms with Crippen molar-refractivity contribution in [2.75, 3.05) is 0 Å². The number of carbonyl (C=O) groups is 1. The number of halogens is 5. The van der Waals surface area contributed by atoms with Crippen molar-refractivity contribution >= 4 is 22.0 Å². The molecule has 0 aliphatic carbocycles. The predicted molar refractivity (Wildman–Crippen MR) is 94.5 cm³/mol. The molecule has 27 heavy (non-hydrogen) atoms. The fourth-order valence-electron chi connectivity index (χ4n) is 3.15. The highest BCUT2D eigenvalue weighted by molar-refractivity contribution is 9.10. The summed E-state index contributed by atoms with van der Waals surface area (Å²) in [5.41, 5.74) is 0.463. The van der Waals surface area contributed by atoms with Crippen molar-refractivity contribution in [3.8, 4) is 0 Å². The SMILES string of the molecule is Cc1cc([C@H]2OC(=O)N(Cc3cc(F)ccc3Br)[C@H]2C)cc(C(F)(F)F)c1. The summed E-state index contributed by atoms with van der Waals surface area (Å²) in [7, 11) is 0. The van der Waals surface area contributed by atoms with Gasteiger partial charge in [0.15, 0.2) is 0 Å². The Bertz CT molecular complexity index is 884. The number of cyclic esters (lactones) is 1. The quantitative estimate of drug-likeness (QED) is 0.542. The lowest BCUT2D eigenvalue weighted by Gasteiger charge is -2.22. The first-order chi connectivity index (χ1) is 12.6. The lowest BCUT2D eigenvalue weighted by molar-refractivity contribution is -0.137. The first-order valence-corrected chi connectivity index (χ1v) is 8.95. The third-order valence-corrected chi connectivity index (χ3v) is 5.27. The minimum Gasteiger partial charge on any atom is -0.439 e. The molecule has 1 aliphatic rings. The zero-order valence-corrected chi connectivity index (χ0v) is 16.1. The van der Waals surface area contributed by atoms with Crippen LogP contribution < -0.4 is 0 Å². The standard InChI is InChI=1S/C19H16BrF4NO2/c1-10-5-12(7-14(6-10)19(22,23)24)17-11(2)25(18(26)27-17)9-13-8-15(21)3-4-16(13)20/h3-8,11,17H,9H2,1-2H3/t11-,17-/m0/s1. The van der Waals surface area contributed by atoms with Crippen LogP contribution in [-0.4, -0.2) is 17.0 Å². The number of amides is 1. The van der Waals surface area contributed by atoms with Crippen molar-refractivity contribution in [3.63, 3.8) is 0 Å². The second kappa shape index (κ2) is 7.14. The van der Waals surface area contributed by atoms with Gasteiger partial charge in [-0.2, -0.15) is 13.2 Å². The van der Waals surface area contributed by atoms with Gasteiger partial charge in [-0.15, -0.1) is 0 Å². The summed E-state index contributed by atoms with van der Waals surface area (Å²) in [4.78, 5) is 13.7. The van der Waals surface area contributed by atoms with E-state index >= 15 is 0 Å². The van der Waals surface area contributed by atoms with E-state index in [0.29, 0.717) is 15.6 Å². The van der Waals surface area contributed by atoms with E-state index in [9.17, 15) is 22.4 Å². The maximum atomic E-state index is 13.5. The molecule has 0 radical (unpaired) electrons. The van der Waals surface area contributed by atoms with Gasteiger partial charge in [0.05, 0.1) is 18.2 Å². The lowest BCUT2D eigenvalue weighted by Crippen LogP contribution is -2.31. The number of hydrogen-bond donors (Lipinski definition) is 0. The van der Waals surface area contributed by atoms with Crippen molar-refractivity contribution in [3.05, 3.63) is 68.9 Å². The van der Waals surface area contributed by atoms with Crippen LogP contribution in [0.25, 0.3) is 0 Å². The van der Waals surface area contributed by atoms with Crippen LogP contribution in [0, 0.1) is 12.7 Å². The normalized spacial score (nSPS) is 20.1. The minimum absolute atomic E-state index is 0.0762. The van der Waals surface area contributed by atoms with Crippen molar-refractivity contribution in [2.45, 2.75) is 38.7 Å². The number of aryl methyl sites for hydroxylation is 1. The van der Waals surface area contributed by atoms with Crippen LogP contribution in [0.4, 0.5) is 22.4 Å². The van der Waals surface area contributed by atoms with Gasteiger partial charge in [0, 0.05) is 4.47 Å². The molecule has 0 unspecified atom stereocenters. The van der Waals surface area contributed by atoms with Crippen LogP contribution in [0.3, 0.4) is 0 Å². The molecule has 144 valence electrons. The molecule has 0 N–H and O–H groups in total. The summed E-state index contributed by atoms with van der Waals surface area (Å²) in [6.45, 7) is 3.33. The van der Waals surface area contributed by atoms with E-state index in [4.69, 9.17) is 4.74 Å². The lowest BCUT2D eigenvalue weighted by atomic mass is 9.98. The van der Waals surface area contributed by atoms with E-state index in [1.807, 2.05) is 0 Å². The van der Waals surface area contributed by atoms with E-state index in [2.05, 4.69) is 15.9 Å². The Morgan fingerprint density at radius 3 is 2.56 bits per heavy atom. The molecule has 3 rings (SSSR count). The van der Waals surface area contributed by atoms with Gasteiger partial charge in [-0.25, -0.2) is 9.18 Å². The molecule has 0 bridgehead atoms. The van der Waals surface area contributed by atoms with Crippen LogP contribution in [-0.2, 0) is 17.5 Å². The molecule has 1 heterocycles. The molecule has 1 amide bonds. The van der Waals surface area contributed by atoms with E-state index in [-0.39, 0.29) is 12.1 Å². The fraction of sp³-hybridized carbons (Fsp3) is 0.316. The minimum atomic E-state index is -4.49. The zero-order chi connectivity index (χ0) is 19.9. The molecule has 2 aromatic carbocycles. The number of ether oxygens (including phenoxy) is 1. The van der Waals surface area contributed by atoms with Gasteiger partial charge in [0.25, 0.3) is 0 Å². The molecule has 0 aromatic heterocycles. The highest BCUT2D eigenvalue weighted by Gasteiger charge is 2.41. The molecule has 1 fully saturated rings. The van der Waals surface area contributed by atoms with Crippen molar-refractivity contribution in [2.24, 2.45) is 0 Å². The van der Waals surface area contributed by atoms with Gasteiger partial charge >= 0.3 is 12.3 Å². The third kappa shape index (κ3) is 4.10. The second-order valence-electron chi connectivity index (χ2n) is 6.54. The Labute approximate surface area is 162 Å². The van der Waals surface area contributed by atoms with Gasteiger partial charge in [-0.05, 0) is 55.3 Å². The Morgan fingerprint density at radius 1 is 1.19 bits per heavy atom. The summed E-state index contributed by atoms with van der Waals surface area (Å²) in [6.07, 6.45) is -5.98. The molecule has 1 saturated heterocycles. The fourth-order valence-corrected chi connectivity index (χ4v) is 3.52. The summed E-state index contributed by atoms with van der Waals surface area (Å²) < 4.78 is 58.8. The number of rotatable bonds is 3.